The first-order chi connectivity index (χ1) is 14.6. The molecule has 31 heavy (non-hydrogen) atoms. The van der Waals surface area contributed by atoms with Crippen molar-refractivity contribution >= 4 is 21.8 Å². The second kappa shape index (κ2) is 11.4. The van der Waals surface area contributed by atoms with Crippen LogP contribution in [0.15, 0.2) is 40.9 Å². The summed E-state index contributed by atoms with van der Waals surface area (Å²) in [5.41, 5.74) is 1.89. The second-order valence-corrected chi connectivity index (χ2v) is 9.89. The fraction of sp³-hybridized carbons (Fsp3) is 0.480. The topological polar surface area (TPSA) is 56.8 Å². The van der Waals surface area contributed by atoms with E-state index >= 15 is 0 Å². The fourth-order valence-corrected chi connectivity index (χ4v) is 3.32. The number of carbonyl (C=O) groups is 1. The van der Waals surface area contributed by atoms with E-state index in [1.807, 2.05) is 36.4 Å². The standard InChI is InChI=1S/C25H34BrNO4/c1-17(2)11-12-30-22-9-7-18(13-23(22)29-6)15-27-24(28)16-31-21-10-8-19(26)14-20(21)25(3,4)5/h7-10,13-14,17H,11-12,15-16H2,1-6H3,(H,27,28). The Morgan fingerprint density at radius 3 is 2.39 bits per heavy atom. The molecule has 0 saturated carbocycles. The average molecular weight is 492 g/mol. The largest absolute Gasteiger partial charge is 0.493 e. The van der Waals surface area contributed by atoms with Crippen molar-refractivity contribution in [2.45, 2.75) is 53.0 Å². The molecule has 0 aliphatic rings. The first-order valence-corrected chi connectivity index (χ1v) is 11.4. The van der Waals surface area contributed by atoms with Crippen molar-refractivity contribution in [2.24, 2.45) is 5.92 Å². The molecule has 0 spiro atoms. The number of carbonyl (C=O) groups excluding carboxylic acids is 1. The summed E-state index contributed by atoms with van der Waals surface area (Å²) >= 11 is 3.50. The van der Waals surface area contributed by atoms with Gasteiger partial charge in [0.05, 0.1) is 13.7 Å². The monoisotopic (exact) mass is 491 g/mol. The zero-order chi connectivity index (χ0) is 23.0. The summed E-state index contributed by atoms with van der Waals surface area (Å²) in [6, 6.07) is 11.5. The van der Waals surface area contributed by atoms with Crippen LogP contribution in [0.2, 0.25) is 0 Å². The van der Waals surface area contributed by atoms with Crippen molar-refractivity contribution in [2.75, 3.05) is 20.3 Å². The number of hydrogen-bond donors (Lipinski definition) is 1. The highest BCUT2D eigenvalue weighted by atomic mass is 79.9. The Labute approximate surface area is 194 Å². The molecule has 1 N–H and O–H groups in total. The van der Waals surface area contributed by atoms with Gasteiger partial charge in [-0.05, 0) is 53.6 Å². The number of halogens is 1. The zero-order valence-electron chi connectivity index (χ0n) is 19.4. The minimum Gasteiger partial charge on any atom is -0.493 e. The van der Waals surface area contributed by atoms with E-state index in [4.69, 9.17) is 14.2 Å². The third kappa shape index (κ3) is 8.09. The van der Waals surface area contributed by atoms with Crippen LogP contribution in [0, 0.1) is 5.92 Å². The predicted octanol–water partition coefficient (Wildman–Crippen LogP) is 5.88. The quantitative estimate of drug-likeness (QED) is 0.451. The van der Waals surface area contributed by atoms with E-state index in [2.05, 4.69) is 55.9 Å². The molecule has 6 heteroatoms. The minimum absolute atomic E-state index is 0.0434. The maximum absolute atomic E-state index is 12.3. The molecule has 0 aliphatic carbocycles. The van der Waals surface area contributed by atoms with Crippen LogP contribution in [0.4, 0.5) is 0 Å². The number of nitrogens with one attached hydrogen (secondary N) is 1. The van der Waals surface area contributed by atoms with Crippen LogP contribution in [-0.4, -0.2) is 26.2 Å². The van der Waals surface area contributed by atoms with Crippen LogP contribution in [0.5, 0.6) is 17.2 Å². The Bertz CT molecular complexity index is 874. The molecule has 0 aromatic heterocycles. The molecule has 1 amide bonds. The molecule has 0 radical (unpaired) electrons. The maximum Gasteiger partial charge on any atom is 0.258 e. The van der Waals surface area contributed by atoms with E-state index in [1.165, 1.54) is 0 Å². The zero-order valence-corrected chi connectivity index (χ0v) is 21.0. The first-order valence-electron chi connectivity index (χ1n) is 10.6. The van der Waals surface area contributed by atoms with Crippen LogP contribution in [-0.2, 0) is 16.8 Å². The van der Waals surface area contributed by atoms with Gasteiger partial charge in [0, 0.05) is 16.6 Å². The van der Waals surface area contributed by atoms with Crippen LogP contribution in [0.3, 0.4) is 0 Å². The van der Waals surface area contributed by atoms with Gasteiger partial charge in [-0.15, -0.1) is 0 Å². The molecule has 0 bridgehead atoms. The van der Waals surface area contributed by atoms with Gasteiger partial charge in [-0.3, -0.25) is 4.79 Å². The molecular weight excluding hydrogens is 458 g/mol. The molecule has 2 rings (SSSR count). The molecule has 2 aromatic rings. The van der Waals surface area contributed by atoms with Crippen molar-refractivity contribution in [1.82, 2.24) is 5.32 Å². The number of ether oxygens (including phenoxy) is 3. The molecule has 0 aliphatic heterocycles. The van der Waals surface area contributed by atoms with E-state index in [9.17, 15) is 4.79 Å². The average Bonchev–Trinajstić information content (AvgIpc) is 2.70. The smallest absolute Gasteiger partial charge is 0.258 e. The van der Waals surface area contributed by atoms with Crippen LogP contribution < -0.4 is 19.5 Å². The van der Waals surface area contributed by atoms with E-state index in [0.717, 1.165) is 27.8 Å². The van der Waals surface area contributed by atoms with E-state index in [0.29, 0.717) is 30.6 Å². The third-order valence-corrected chi connectivity index (χ3v) is 5.27. The van der Waals surface area contributed by atoms with Gasteiger partial charge >= 0.3 is 0 Å². The van der Waals surface area contributed by atoms with Gasteiger partial charge in [0.15, 0.2) is 18.1 Å². The van der Waals surface area contributed by atoms with Crippen LogP contribution in [0.1, 0.15) is 52.2 Å². The van der Waals surface area contributed by atoms with E-state index in [-0.39, 0.29) is 17.9 Å². The molecule has 5 nitrogen and oxygen atoms in total. The lowest BCUT2D eigenvalue weighted by Crippen LogP contribution is -2.29. The van der Waals surface area contributed by atoms with Crippen molar-refractivity contribution in [1.29, 1.82) is 0 Å². The van der Waals surface area contributed by atoms with Gasteiger partial charge in [-0.2, -0.15) is 0 Å². The number of amides is 1. The molecule has 0 saturated heterocycles. The molecular formula is C25H34BrNO4. The first kappa shape index (κ1) is 25.1. The highest BCUT2D eigenvalue weighted by molar-refractivity contribution is 9.10. The molecule has 2 aromatic carbocycles. The van der Waals surface area contributed by atoms with Crippen molar-refractivity contribution < 1.29 is 19.0 Å². The fourth-order valence-electron chi connectivity index (χ4n) is 2.95. The predicted molar refractivity (Wildman–Crippen MR) is 128 cm³/mol. The molecule has 0 unspecified atom stereocenters. The molecule has 0 fully saturated rings. The van der Waals surface area contributed by atoms with E-state index < -0.39 is 0 Å². The molecule has 0 heterocycles. The SMILES string of the molecule is COc1cc(CNC(=O)COc2ccc(Br)cc2C(C)(C)C)ccc1OCCC(C)C. The number of hydrogen-bond acceptors (Lipinski definition) is 4. The Morgan fingerprint density at radius 2 is 1.74 bits per heavy atom. The van der Waals surface area contributed by atoms with Crippen LogP contribution in [0.25, 0.3) is 0 Å². The summed E-state index contributed by atoms with van der Waals surface area (Å²) in [7, 11) is 1.62. The Kier molecular flexibility index (Phi) is 9.23. The maximum atomic E-state index is 12.3. The Hall–Kier alpha value is -2.21. The number of rotatable bonds is 10. The molecule has 0 atom stereocenters. The van der Waals surface area contributed by atoms with Crippen molar-refractivity contribution in [3.05, 3.63) is 52.0 Å². The summed E-state index contributed by atoms with van der Waals surface area (Å²) in [6.07, 6.45) is 0.982. The van der Waals surface area contributed by atoms with Crippen molar-refractivity contribution in [3.63, 3.8) is 0 Å². The second-order valence-electron chi connectivity index (χ2n) is 8.97. The number of benzene rings is 2. The van der Waals surface area contributed by atoms with Gasteiger partial charge in [0.25, 0.3) is 5.91 Å². The summed E-state index contributed by atoms with van der Waals surface area (Å²) in [5, 5.41) is 2.90. The number of methoxy groups -OCH3 is 1. The van der Waals surface area contributed by atoms with Crippen molar-refractivity contribution in [3.8, 4) is 17.2 Å². The highest BCUT2D eigenvalue weighted by Gasteiger charge is 2.20. The van der Waals surface area contributed by atoms with Gasteiger partial charge < -0.3 is 19.5 Å². The Morgan fingerprint density at radius 1 is 1.03 bits per heavy atom. The minimum atomic E-state index is -0.181. The Balaban J connectivity index is 1.92. The normalized spacial score (nSPS) is 11.4. The lowest BCUT2D eigenvalue weighted by Gasteiger charge is -2.23. The summed E-state index contributed by atoms with van der Waals surface area (Å²) in [5.74, 6) is 2.50. The van der Waals surface area contributed by atoms with Gasteiger partial charge in [0.2, 0.25) is 0 Å². The summed E-state index contributed by atoms with van der Waals surface area (Å²) in [6.45, 7) is 11.7. The third-order valence-electron chi connectivity index (χ3n) is 4.78. The summed E-state index contributed by atoms with van der Waals surface area (Å²) in [4.78, 5) is 12.3. The van der Waals surface area contributed by atoms with E-state index in [1.54, 1.807) is 7.11 Å². The van der Waals surface area contributed by atoms with Gasteiger partial charge in [-0.1, -0.05) is 56.6 Å². The lowest BCUT2D eigenvalue weighted by molar-refractivity contribution is -0.123. The lowest BCUT2D eigenvalue weighted by atomic mass is 9.86. The summed E-state index contributed by atoms with van der Waals surface area (Å²) < 4.78 is 18.1. The van der Waals surface area contributed by atoms with Gasteiger partial charge in [-0.25, -0.2) is 0 Å². The molecule has 170 valence electrons. The van der Waals surface area contributed by atoms with Crippen LogP contribution >= 0.6 is 15.9 Å². The van der Waals surface area contributed by atoms with Gasteiger partial charge in [0.1, 0.15) is 5.75 Å². The highest BCUT2D eigenvalue weighted by Crippen LogP contribution is 2.33.